The molecule has 114 valence electrons. The number of furan rings is 1. The third-order valence-corrected chi connectivity index (χ3v) is 4.02. The van der Waals surface area contributed by atoms with Gasteiger partial charge in [0.1, 0.15) is 5.69 Å². The van der Waals surface area contributed by atoms with Gasteiger partial charge in [0, 0.05) is 6.07 Å². The molecule has 22 heavy (non-hydrogen) atoms. The Balaban J connectivity index is 1.78. The molecule has 1 saturated heterocycles. The maximum atomic E-state index is 11.9. The van der Waals surface area contributed by atoms with Gasteiger partial charge in [0.05, 0.1) is 36.8 Å². The normalized spacial score (nSPS) is 16.5. The predicted octanol–water partition coefficient (Wildman–Crippen LogP) is 2.02. The van der Waals surface area contributed by atoms with Crippen LogP contribution in [0.1, 0.15) is 5.69 Å². The Labute approximate surface area is 129 Å². The quantitative estimate of drug-likeness (QED) is 0.629. The van der Waals surface area contributed by atoms with Crippen molar-refractivity contribution in [2.45, 2.75) is 6.54 Å². The first-order chi connectivity index (χ1) is 10.7. The topological polar surface area (TPSA) is 85.8 Å². The summed E-state index contributed by atoms with van der Waals surface area (Å²) in [5, 5.41) is 4.46. The molecule has 0 radical (unpaired) electrons. The van der Waals surface area contributed by atoms with E-state index in [4.69, 9.17) is 8.94 Å². The number of rotatable bonds is 4. The first-order valence-electron chi connectivity index (χ1n) is 6.39. The summed E-state index contributed by atoms with van der Waals surface area (Å²) >= 11 is 1.29. The highest BCUT2D eigenvalue weighted by molar-refractivity contribution is 8.04. The summed E-state index contributed by atoms with van der Waals surface area (Å²) in [4.78, 5) is 24.7. The Hall–Kier alpha value is -2.48. The van der Waals surface area contributed by atoms with Crippen LogP contribution < -0.4 is 0 Å². The minimum atomic E-state index is -0.501. The number of methoxy groups -OCH3 is 1. The molecule has 3 heterocycles. The zero-order chi connectivity index (χ0) is 15.5. The van der Waals surface area contributed by atoms with E-state index in [0.717, 1.165) is 0 Å². The van der Waals surface area contributed by atoms with Gasteiger partial charge < -0.3 is 13.7 Å². The Morgan fingerprint density at radius 2 is 2.41 bits per heavy atom. The molecule has 0 saturated carbocycles. The Morgan fingerprint density at radius 1 is 1.55 bits per heavy atom. The zero-order valence-electron chi connectivity index (χ0n) is 11.6. The molecule has 1 aliphatic rings. The Morgan fingerprint density at radius 3 is 3.14 bits per heavy atom. The van der Waals surface area contributed by atoms with Crippen molar-refractivity contribution in [3.63, 3.8) is 0 Å². The van der Waals surface area contributed by atoms with E-state index < -0.39 is 5.97 Å². The van der Waals surface area contributed by atoms with Gasteiger partial charge in [-0.3, -0.25) is 9.69 Å². The molecule has 7 nitrogen and oxygen atoms in total. The number of nitrogens with zero attached hydrogens (tertiary/aromatic N) is 2. The second-order valence-corrected chi connectivity index (χ2v) is 5.43. The molecule has 1 amide bonds. The molecule has 1 aliphatic heterocycles. The molecule has 0 bridgehead atoms. The van der Waals surface area contributed by atoms with E-state index in [0.29, 0.717) is 22.2 Å². The molecular formula is C14H12N2O5S. The second-order valence-electron chi connectivity index (χ2n) is 4.43. The van der Waals surface area contributed by atoms with Gasteiger partial charge >= 0.3 is 5.97 Å². The summed E-state index contributed by atoms with van der Waals surface area (Å²) in [6.07, 6.45) is 2.83. The van der Waals surface area contributed by atoms with Crippen molar-refractivity contribution in [2.24, 2.45) is 0 Å². The smallest absolute Gasteiger partial charge is 0.333 e. The first kappa shape index (κ1) is 14.5. The zero-order valence-corrected chi connectivity index (χ0v) is 12.5. The van der Waals surface area contributed by atoms with Crippen LogP contribution in [0.15, 0.2) is 44.5 Å². The fraction of sp³-hybridized carbons (Fsp3) is 0.214. The van der Waals surface area contributed by atoms with Gasteiger partial charge in [0.15, 0.2) is 5.76 Å². The van der Waals surface area contributed by atoms with E-state index in [-0.39, 0.29) is 18.2 Å². The summed E-state index contributed by atoms with van der Waals surface area (Å²) in [5.41, 5.74) is 0.568. The molecule has 0 aromatic carbocycles. The highest BCUT2D eigenvalue weighted by Gasteiger charge is 2.28. The fourth-order valence-electron chi connectivity index (χ4n) is 1.94. The lowest BCUT2D eigenvalue weighted by Gasteiger charge is -2.14. The van der Waals surface area contributed by atoms with Gasteiger partial charge in [-0.15, -0.1) is 0 Å². The number of carbonyl (C=O) groups excluding carboxylic acids is 2. The predicted molar refractivity (Wildman–Crippen MR) is 77.3 cm³/mol. The lowest BCUT2D eigenvalue weighted by atomic mass is 10.3. The number of hydrogen-bond donors (Lipinski definition) is 0. The number of carbonyl (C=O) groups is 2. The number of aromatic nitrogens is 1. The lowest BCUT2D eigenvalue weighted by molar-refractivity contribution is -0.134. The molecule has 3 rings (SSSR count). The van der Waals surface area contributed by atoms with Gasteiger partial charge in [-0.2, -0.15) is 0 Å². The number of thioether (sulfide) groups is 1. The van der Waals surface area contributed by atoms with Crippen LogP contribution in [0.3, 0.4) is 0 Å². The van der Waals surface area contributed by atoms with Crippen LogP contribution >= 0.6 is 11.8 Å². The van der Waals surface area contributed by atoms with Crippen molar-refractivity contribution in [1.82, 2.24) is 10.1 Å². The monoisotopic (exact) mass is 320 g/mol. The first-order valence-corrected chi connectivity index (χ1v) is 7.38. The summed E-state index contributed by atoms with van der Waals surface area (Å²) in [6, 6.07) is 5.20. The van der Waals surface area contributed by atoms with Gasteiger partial charge in [-0.05, 0) is 12.1 Å². The summed E-state index contributed by atoms with van der Waals surface area (Å²) < 4.78 is 15.0. The minimum absolute atomic E-state index is 0.0947. The average molecular weight is 320 g/mol. The van der Waals surface area contributed by atoms with E-state index in [1.165, 1.54) is 36.1 Å². The third-order valence-electron chi connectivity index (χ3n) is 3.00. The molecule has 0 spiro atoms. The summed E-state index contributed by atoms with van der Waals surface area (Å²) in [6.45, 7) is 0.221. The van der Waals surface area contributed by atoms with Crippen LogP contribution in [0.2, 0.25) is 0 Å². The fourth-order valence-corrected chi connectivity index (χ4v) is 2.87. The molecule has 0 atom stereocenters. The van der Waals surface area contributed by atoms with Crippen LogP contribution in [0, 0.1) is 0 Å². The number of hydrogen-bond acceptors (Lipinski definition) is 7. The van der Waals surface area contributed by atoms with E-state index in [2.05, 4.69) is 9.89 Å². The maximum Gasteiger partial charge on any atom is 0.333 e. The van der Waals surface area contributed by atoms with Crippen molar-refractivity contribution in [3.8, 4) is 11.5 Å². The van der Waals surface area contributed by atoms with E-state index in [1.54, 1.807) is 18.2 Å². The van der Waals surface area contributed by atoms with Crippen LogP contribution in [0.4, 0.5) is 0 Å². The van der Waals surface area contributed by atoms with Crippen LogP contribution in [-0.2, 0) is 20.9 Å². The maximum absolute atomic E-state index is 11.9. The van der Waals surface area contributed by atoms with Crippen LogP contribution in [0.5, 0.6) is 0 Å². The van der Waals surface area contributed by atoms with Gasteiger partial charge in [0.2, 0.25) is 11.7 Å². The van der Waals surface area contributed by atoms with Crippen LogP contribution in [-0.4, -0.2) is 34.8 Å². The summed E-state index contributed by atoms with van der Waals surface area (Å²) in [5.74, 6) is 0.733. The van der Waals surface area contributed by atoms with Gasteiger partial charge in [-0.1, -0.05) is 16.9 Å². The van der Waals surface area contributed by atoms with Crippen LogP contribution in [0.25, 0.3) is 11.5 Å². The Bertz CT molecular complexity index is 719. The average Bonchev–Trinajstić information content (AvgIpc) is 3.23. The lowest BCUT2D eigenvalue weighted by Crippen LogP contribution is -2.24. The van der Waals surface area contributed by atoms with Crippen molar-refractivity contribution < 1.29 is 23.3 Å². The van der Waals surface area contributed by atoms with E-state index >= 15 is 0 Å². The largest absolute Gasteiger partial charge is 0.466 e. The minimum Gasteiger partial charge on any atom is -0.466 e. The third kappa shape index (κ3) is 2.91. The van der Waals surface area contributed by atoms with Crippen molar-refractivity contribution in [1.29, 1.82) is 0 Å². The molecule has 8 heteroatoms. The van der Waals surface area contributed by atoms with Crippen molar-refractivity contribution in [3.05, 3.63) is 41.3 Å². The van der Waals surface area contributed by atoms with E-state index in [9.17, 15) is 9.59 Å². The molecule has 0 N–H and O–H groups in total. The number of amides is 1. The van der Waals surface area contributed by atoms with Crippen molar-refractivity contribution in [2.75, 3.05) is 12.9 Å². The SMILES string of the molecule is COC(=O)/C=C1\SCC(=O)N1Cc1cc(-c2ccco2)on1. The highest BCUT2D eigenvalue weighted by atomic mass is 32.2. The van der Waals surface area contributed by atoms with Gasteiger partial charge in [0.25, 0.3) is 0 Å². The number of ether oxygens (including phenoxy) is 1. The molecule has 2 aromatic rings. The number of esters is 1. The standard InChI is InChI=1S/C14H12N2O5S/c1-19-14(18)6-13-16(12(17)8-22-13)7-9-5-11(21-15-9)10-3-2-4-20-10/h2-6H,7-8H2,1H3/b13-6-. The van der Waals surface area contributed by atoms with Gasteiger partial charge in [-0.25, -0.2) is 4.79 Å². The summed E-state index contributed by atoms with van der Waals surface area (Å²) in [7, 11) is 1.29. The highest BCUT2D eigenvalue weighted by Crippen LogP contribution is 2.31. The molecule has 2 aromatic heterocycles. The van der Waals surface area contributed by atoms with E-state index in [1.807, 2.05) is 0 Å². The molecular weight excluding hydrogens is 308 g/mol. The molecule has 1 fully saturated rings. The van der Waals surface area contributed by atoms with Crippen molar-refractivity contribution >= 4 is 23.6 Å². The molecule has 0 unspecified atom stereocenters. The Kier molecular flexibility index (Phi) is 4.01. The molecule has 0 aliphatic carbocycles. The second kappa shape index (κ2) is 6.10.